The molecule has 0 spiro atoms. The van der Waals surface area contributed by atoms with Crippen LogP contribution in [0.2, 0.25) is 0 Å². The predicted octanol–water partition coefficient (Wildman–Crippen LogP) is 1.99. The number of ether oxygens (including phenoxy) is 2. The summed E-state index contributed by atoms with van der Waals surface area (Å²) in [5.41, 5.74) is 0.919. The second-order valence-corrected chi connectivity index (χ2v) is 4.56. The molecule has 0 aromatic carbocycles. The molecule has 0 unspecified atom stereocenters. The quantitative estimate of drug-likeness (QED) is 0.789. The summed E-state index contributed by atoms with van der Waals surface area (Å²) in [5.74, 6) is 0.703. The number of hydrogen-bond donors (Lipinski definition) is 1. The zero-order valence-electron chi connectivity index (χ0n) is 11.1. The SMILES string of the molecule is CNCc1cccnc1OCCC(C)(C)OC. The number of nitrogens with one attached hydrogen (secondary N) is 1. The predicted molar refractivity (Wildman–Crippen MR) is 68.2 cm³/mol. The molecule has 1 aromatic rings. The number of aromatic nitrogens is 1. The van der Waals surface area contributed by atoms with Crippen molar-refractivity contribution in [1.29, 1.82) is 0 Å². The van der Waals surface area contributed by atoms with Gasteiger partial charge in [0.05, 0.1) is 12.2 Å². The van der Waals surface area contributed by atoms with Crippen molar-refractivity contribution >= 4 is 0 Å². The molecule has 96 valence electrons. The molecular formula is C13H22N2O2. The van der Waals surface area contributed by atoms with E-state index in [2.05, 4.69) is 10.3 Å². The van der Waals surface area contributed by atoms with Crippen molar-refractivity contribution in [3.05, 3.63) is 23.9 Å². The number of rotatable bonds is 7. The van der Waals surface area contributed by atoms with E-state index in [1.807, 2.05) is 33.0 Å². The molecule has 0 aliphatic rings. The van der Waals surface area contributed by atoms with E-state index in [1.54, 1.807) is 13.3 Å². The number of pyridine rings is 1. The summed E-state index contributed by atoms with van der Waals surface area (Å²) in [6, 6.07) is 3.93. The molecule has 0 radical (unpaired) electrons. The highest BCUT2D eigenvalue weighted by Gasteiger charge is 2.16. The van der Waals surface area contributed by atoms with E-state index in [0.29, 0.717) is 12.5 Å². The molecule has 0 aliphatic heterocycles. The second-order valence-electron chi connectivity index (χ2n) is 4.56. The molecule has 17 heavy (non-hydrogen) atoms. The van der Waals surface area contributed by atoms with Gasteiger partial charge >= 0.3 is 0 Å². The third-order valence-corrected chi connectivity index (χ3v) is 2.71. The van der Waals surface area contributed by atoms with Gasteiger partial charge in [0.2, 0.25) is 5.88 Å². The molecule has 0 atom stereocenters. The van der Waals surface area contributed by atoms with Gasteiger partial charge in [-0.05, 0) is 27.0 Å². The molecule has 0 aliphatic carbocycles. The van der Waals surface area contributed by atoms with Crippen LogP contribution in [0.25, 0.3) is 0 Å². The first-order valence-electron chi connectivity index (χ1n) is 5.85. The molecule has 4 heteroatoms. The Labute approximate surface area is 103 Å². The van der Waals surface area contributed by atoms with Crippen LogP contribution in [0.5, 0.6) is 5.88 Å². The van der Waals surface area contributed by atoms with Crippen molar-refractivity contribution in [3.63, 3.8) is 0 Å². The maximum Gasteiger partial charge on any atom is 0.217 e. The van der Waals surface area contributed by atoms with Gasteiger partial charge in [-0.15, -0.1) is 0 Å². The molecule has 1 N–H and O–H groups in total. The van der Waals surface area contributed by atoms with Crippen LogP contribution in [-0.2, 0) is 11.3 Å². The summed E-state index contributed by atoms with van der Waals surface area (Å²) in [6.45, 7) is 5.46. The maximum absolute atomic E-state index is 5.70. The van der Waals surface area contributed by atoms with Crippen molar-refractivity contribution in [2.45, 2.75) is 32.4 Å². The molecule has 0 amide bonds. The summed E-state index contributed by atoms with van der Waals surface area (Å²) in [4.78, 5) is 4.24. The van der Waals surface area contributed by atoms with Crippen LogP contribution in [0.4, 0.5) is 0 Å². The Bertz CT molecular complexity index is 340. The van der Waals surface area contributed by atoms with Gasteiger partial charge in [-0.2, -0.15) is 0 Å². The number of hydrogen-bond acceptors (Lipinski definition) is 4. The Hall–Kier alpha value is -1.13. The van der Waals surface area contributed by atoms with Gasteiger partial charge < -0.3 is 14.8 Å². The second kappa shape index (κ2) is 6.57. The van der Waals surface area contributed by atoms with Crippen LogP contribution in [0.1, 0.15) is 25.8 Å². The summed E-state index contributed by atoms with van der Waals surface area (Å²) in [6.07, 6.45) is 2.58. The fourth-order valence-electron chi connectivity index (χ4n) is 1.37. The molecule has 0 fully saturated rings. The number of nitrogens with zero attached hydrogens (tertiary/aromatic N) is 1. The van der Waals surface area contributed by atoms with Gasteiger partial charge in [0.25, 0.3) is 0 Å². The normalized spacial score (nSPS) is 11.5. The lowest BCUT2D eigenvalue weighted by Crippen LogP contribution is -2.25. The minimum atomic E-state index is -0.155. The Balaban J connectivity index is 2.51. The van der Waals surface area contributed by atoms with Crippen LogP contribution >= 0.6 is 0 Å². The molecule has 0 saturated heterocycles. The lowest BCUT2D eigenvalue weighted by molar-refractivity contribution is 0.00499. The largest absolute Gasteiger partial charge is 0.477 e. The van der Waals surface area contributed by atoms with Gasteiger partial charge in [-0.3, -0.25) is 0 Å². The molecule has 1 heterocycles. The van der Waals surface area contributed by atoms with Gasteiger partial charge in [0.15, 0.2) is 0 Å². The Morgan fingerprint density at radius 2 is 2.18 bits per heavy atom. The smallest absolute Gasteiger partial charge is 0.217 e. The third-order valence-electron chi connectivity index (χ3n) is 2.71. The molecule has 0 bridgehead atoms. The first kappa shape index (κ1) is 13.9. The van der Waals surface area contributed by atoms with Crippen molar-refractivity contribution in [3.8, 4) is 5.88 Å². The van der Waals surface area contributed by atoms with Crippen molar-refractivity contribution in [2.75, 3.05) is 20.8 Å². The van der Waals surface area contributed by atoms with E-state index in [-0.39, 0.29) is 5.60 Å². The minimum Gasteiger partial charge on any atom is -0.477 e. The average Bonchev–Trinajstić information content (AvgIpc) is 2.31. The van der Waals surface area contributed by atoms with E-state index in [4.69, 9.17) is 9.47 Å². The molecule has 1 aromatic heterocycles. The van der Waals surface area contributed by atoms with E-state index in [0.717, 1.165) is 18.5 Å². The summed E-state index contributed by atoms with van der Waals surface area (Å²) >= 11 is 0. The lowest BCUT2D eigenvalue weighted by Gasteiger charge is -2.22. The van der Waals surface area contributed by atoms with E-state index < -0.39 is 0 Å². The van der Waals surface area contributed by atoms with Crippen LogP contribution in [0.15, 0.2) is 18.3 Å². The summed E-state index contributed by atoms with van der Waals surface area (Å²) in [7, 11) is 3.62. The van der Waals surface area contributed by atoms with Gasteiger partial charge in [0.1, 0.15) is 0 Å². The highest BCUT2D eigenvalue weighted by Crippen LogP contribution is 2.17. The topological polar surface area (TPSA) is 43.4 Å². The Morgan fingerprint density at radius 3 is 2.82 bits per heavy atom. The van der Waals surface area contributed by atoms with Crippen LogP contribution in [0.3, 0.4) is 0 Å². The highest BCUT2D eigenvalue weighted by molar-refractivity contribution is 5.25. The van der Waals surface area contributed by atoms with Crippen LogP contribution < -0.4 is 10.1 Å². The van der Waals surface area contributed by atoms with Gasteiger partial charge in [-0.1, -0.05) is 6.07 Å². The first-order chi connectivity index (χ1) is 8.09. The Kier molecular flexibility index (Phi) is 5.38. The van der Waals surface area contributed by atoms with Crippen LogP contribution in [0, 0.1) is 0 Å². The minimum absolute atomic E-state index is 0.155. The standard InChI is InChI=1S/C13H22N2O2/c1-13(2,16-4)7-9-17-12-11(10-14-3)6-5-8-15-12/h5-6,8,14H,7,9-10H2,1-4H3. The lowest BCUT2D eigenvalue weighted by atomic mass is 10.1. The molecule has 1 rings (SSSR count). The fourth-order valence-corrected chi connectivity index (χ4v) is 1.37. The Morgan fingerprint density at radius 1 is 1.41 bits per heavy atom. The zero-order chi connectivity index (χ0) is 12.7. The van der Waals surface area contributed by atoms with E-state index in [9.17, 15) is 0 Å². The summed E-state index contributed by atoms with van der Waals surface area (Å²) in [5, 5.41) is 3.10. The molecule has 4 nitrogen and oxygen atoms in total. The highest BCUT2D eigenvalue weighted by atomic mass is 16.5. The zero-order valence-corrected chi connectivity index (χ0v) is 11.1. The van der Waals surface area contributed by atoms with Crippen molar-refractivity contribution < 1.29 is 9.47 Å². The first-order valence-corrected chi connectivity index (χ1v) is 5.85. The van der Waals surface area contributed by atoms with Gasteiger partial charge in [-0.25, -0.2) is 4.98 Å². The van der Waals surface area contributed by atoms with Crippen molar-refractivity contribution in [2.24, 2.45) is 0 Å². The monoisotopic (exact) mass is 238 g/mol. The fraction of sp³-hybridized carbons (Fsp3) is 0.615. The maximum atomic E-state index is 5.70. The van der Waals surface area contributed by atoms with Crippen LogP contribution in [-0.4, -0.2) is 31.3 Å². The van der Waals surface area contributed by atoms with Crippen molar-refractivity contribution in [1.82, 2.24) is 10.3 Å². The van der Waals surface area contributed by atoms with Gasteiger partial charge in [0, 0.05) is 31.8 Å². The average molecular weight is 238 g/mol. The van der Waals surface area contributed by atoms with E-state index in [1.165, 1.54) is 0 Å². The molecule has 0 saturated carbocycles. The van der Waals surface area contributed by atoms with E-state index >= 15 is 0 Å². The molecular weight excluding hydrogens is 216 g/mol. The summed E-state index contributed by atoms with van der Waals surface area (Å²) < 4.78 is 11.0. The third kappa shape index (κ3) is 4.71. The number of methoxy groups -OCH3 is 1.